The average Bonchev–Trinajstić information content (AvgIpc) is 2.40. The largest absolute Gasteiger partial charge is 0.508 e. The van der Waals surface area contributed by atoms with Crippen molar-refractivity contribution >= 4 is 11.5 Å². The van der Waals surface area contributed by atoms with Crippen LogP contribution in [0.4, 0.5) is 11.5 Å². The van der Waals surface area contributed by atoms with E-state index in [2.05, 4.69) is 15.2 Å². The zero-order valence-electron chi connectivity index (χ0n) is 10.5. The van der Waals surface area contributed by atoms with E-state index in [0.29, 0.717) is 11.5 Å². The molecule has 2 aromatic rings. The Bertz CT molecular complexity index is 565. The van der Waals surface area contributed by atoms with Gasteiger partial charge in [-0.15, -0.1) is 10.2 Å². The maximum atomic E-state index is 9.80. The van der Waals surface area contributed by atoms with Crippen LogP contribution in [0, 0.1) is 6.92 Å². The van der Waals surface area contributed by atoms with Crippen LogP contribution in [0.3, 0.4) is 0 Å². The first-order valence-electron chi connectivity index (χ1n) is 5.86. The molecule has 18 heavy (non-hydrogen) atoms. The Kier molecular flexibility index (Phi) is 3.67. The van der Waals surface area contributed by atoms with Crippen molar-refractivity contribution < 1.29 is 5.11 Å². The van der Waals surface area contributed by atoms with Gasteiger partial charge in [0.1, 0.15) is 5.75 Å². The SMILES string of the molecule is CCc1cc(C)c(N=Nc2ccccn2)cc1O. The molecule has 2 rings (SSSR count). The van der Waals surface area contributed by atoms with Crippen LogP contribution in [0.15, 0.2) is 46.8 Å². The van der Waals surface area contributed by atoms with Gasteiger partial charge in [-0.2, -0.15) is 0 Å². The third-order valence-electron chi connectivity index (χ3n) is 2.69. The molecule has 0 aliphatic carbocycles. The molecule has 1 N–H and O–H groups in total. The first-order valence-corrected chi connectivity index (χ1v) is 5.86. The van der Waals surface area contributed by atoms with Gasteiger partial charge in [-0.1, -0.05) is 19.1 Å². The van der Waals surface area contributed by atoms with E-state index in [9.17, 15) is 5.11 Å². The number of phenols is 1. The minimum atomic E-state index is 0.262. The van der Waals surface area contributed by atoms with Crippen molar-refractivity contribution in [1.82, 2.24) is 4.98 Å². The molecule has 0 aliphatic rings. The molecule has 0 saturated carbocycles. The van der Waals surface area contributed by atoms with E-state index in [1.807, 2.05) is 32.0 Å². The number of azo groups is 1. The number of benzene rings is 1. The number of hydrogen-bond donors (Lipinski definition) is 1. The highest BCUT2D eigenvalue weighted by molar-refractivity contribution is 5.53. The Morgan fingerprint density at radius 2 is 2.06 bits per heavy atom. The topological polar surface area (TPSA) is 57.8 Å². The number of rotatable bonds is 3. The summed E-state index contributed by atoms with van der Waals surface area (Å²) >= 11 is 0. The molecule has 0 saturated heterocycles. The van der Waals surface area contributed by atoms with Gasteiger partial charge in [0.2, 0.25) is 0 Å². The minimum absolute atomic E-state index is 0.262. The van der Waals surface area contributed by atoms with Gasteiger partial charge in [0.25, 0.3) is 0 Å². The Hall–Kier alpha value is -2.23. The molecule has 0 amide bonds. The summed E-state index contributed by atoms with van der Waals surface area (Å²) in [6, 6.07) is 9.03. The van der Waals surface area contributed by atoms with Gasteiger partial charge in [0, 0.05) is 12.3 Å². The molecule has 4 heteroatoms. The van der Waals surface area contributed by atoms with E-state index < -0.39 is 0 Å². The van der Waals surface area contributed by atoms with Gasteiger partial charge >= 0.3 is 0 Å². The van der Waals surface area contributed by atoms with E-state index >= 15 is 0 Å². The Labute approximate surface area is 106 Å². The summed E-state index contributed by atoms with van der Waals surface area (Å²) in [5.74, 6) is 0.814. The zero-order valence-corrected chi connectivity index (χ0v) is 10.5. The molecule has 1 heterocycles. The van der Waals surface area contributed by atoms with Crippen LogP contribution >= 0.6 is 0 Å². The fourth-order valence-electron chi connectivity index (χ4n) is 1.65. The number of aromatic nitrogens is 1. The highest BCUT2D eigenvalue weighted by Gasteiger charge is 2.04. The molecule has 0 spiro atoms. The molecular weight excluding hydrogens is 226 g/mol. The van der Waals surface area contributed by atoms with Crippen LogP contribution in [0.2, 0.25) is 0 Å². The number of hydrogen-bond acceptors (Lipinski definition) is 4. The van der Waals surface area contributed by atoms with Crippen molar-refractivity contribution in [2.45, 2.75) is 20.3 Å². The van der Waals surface area contributed by atoms with Gasteiger partial charge < -0.3 is 5.11 Å². The lowest BCUT2D eigenvalue weighted by Crippen LogP contribution is -1.84. The summed E-state index contributed by atoms with van der Waals surface area (Å²) in [5.41, 5.74) is 2.57. The van der Waals surface area contributed by atoms with Crippen LogP contribution in [-0.4, -0.2) is 10.1 Å². The second kappa shape index (κ2) is 5.40. The molecule has 0 bridgehead atoms. The summed E-state index contributed by atoms with van der Waals surface area (Å²) in [6.07, 6.45) is 2.46. The van der Waals surface area contributed by atoms with E-state index in [-0.39, 0.29) is 5.75 Å². The molecule has 92 valence electrons. The van der Waals surface area contributed by atoms with Gasteiger partial charge in [-0.05, 0) is 36.6 Å². The quantitative estimate of drug-likeness (QED) is 0.823. The van der Waals surface area contributed by atoms with E-state index in [0.717, 1.165) is 17.5 Å². The highest BCUT2D eigenvalue weighted by atomic mass is 16.3. The van der Waals surface area contributed by atoms with Gasteiger partial charge in [0.15, 0.2) is 5.82 Å². The van der Waals surface area contributed by atoms with Crippen molar-refractivity contribution in [2.24, 2.45) is 10.2 Å². The van der Waals surface area contributed by atoms with E-state index in [1.165, 1.54) is 0 Å². The lowest BCUT2D eigenvalue weighted by molar-refractivity contribution is 0.469. The Morgan fingerprint density at radius 1 is 1.22 bits per heavy atom. The molecule has 1 aromatic carbocycles. The summed E-state index contributed by atoms with van der Waals surface area (Å²) in [7, 11) is 0. The predicted octanol–water partition coefficient (Wildman–Crippen LogP) is 4.07. The third kappa shape index (κ3) is 2.71. The standard InChI is InChI=1S/C14H15N3O/c1-3-11-8-10(2)12(9-13(11)18)16-17-14-6-4-5-7-15-14/h4-9,18H,3H2,1-2H3. The molecule has 0 radical (unpaired) electrons. The third-order valence-corrected chi connectivity index (χ3v) is 2.69. The number of aryl methyl sites for hydroxylation is 2. The number of aromatic hydroxyl groups is 1. The van der Waals surface area contributed by atoms with E-state index in [4.69, 9.17) is 0 Å². The highest BCUT2D eigenvalue weighted by Crippen LogP contribution is 2.29. The van der Waals surface area contributed by atoms with Crippen molar-refractivity contribution in [3.05, 3.63) is 47.7 Å². The Morgan fingerprint density at radius 3 is 2.72 bits per heavy atom. The van der Waals surface area contributed by atoms with Crippen molar-refractivity contribution in [3.63, 3.8) is 0 Å². The average molecular weight is 241 g/mol. The number of pyridine rings is 1. The molecule has 1 aromatic heterocycles. The summed E-state index contributed by atoms with van der Waals surface area (Å²) in [6.45, 7) is 3.95. The van der Waals surface area contributed by atoms with Gasteiger partial charge in [0.05, 0.1) is 5.69 Å². The van der Waals surface area contributed by atoms with Crippen molar-refractivity contribution in [2.75, 3.05) is 0 Å². The maximum Gasteiger partial charge on any atom is 0.174 e. The second-order valence-electron chi connectivity index (χ2n) is 4.01. The van der Waals surface area contributed by atoms with Gasteiger partial charge in [-0.25, -0.2) is 4.98 Å². The summed E-state index contributed by atoms with van der Waals surface area (Å²) in [4.78, 5) is 4.06. The monoisotopic (exact) mass is 241 g/mol. The van der Waals surface area contributed by atoms with Crippen LogP contribution in [0.1, 0.15) is 18.1 Å². The van der Waals surface area contributed by atoms with Crippen LogP contribution in [-0.2, 0) is 6.42 Å². The molecular formula is C14H15N3O. The Balaban J connectivity index is 2.30. The first kappa shape index (κ1) is 12.2. The molecule has 0 atom stereocenters. The molecule has 0 unspecified atom stereocenters. The fourth-order valence-corrected chi connectivity index (χ4v) is 1.65. The molecule has 4 nitrogen and oxygen atoms in total. The van der Waals surface area contributed by atoms with Crippen LogP contribution in [0.5, 0.6) is 5.75 Å². The summed E-state index contributed by atoms with van der Waals surface area (Å²) in [5, 5.41) is 17.9. The van der Waals surface area contributed by atoms with Crippen LogP contribution < -0.4 is 0 Å². The molecule has 0 fully saturated rings. The number of phenolic OH excluding ortho intramolecular Hbond substituents is 1. The smallest absolute Gasteiger partial charge is 0.174 e. The number of nitrogens with zero attached hydrogens (tertiary/aromatic N) is 3. The zero-order chi connectivity index (χ0) is 13.0. The van der Waals surface area contributed by atoms with E-state index in [1.54, 1.807) is 18.3 Å². The lowest BCUT2D eigenvalue weighted by atomic mass is 10.1. The van der Waals surface area contributed by atoms with Crippen molar-refractivity contribution in [1.29, 1.82) is 0 Å². The fraction of sp³-hybridized carbons (Fsp3) is 0.214. The lowest BCUT2D eigenvalue weighted by Gasteiger charge is -2.05. The minimum Gasteiger partial charge on any atom is -0.508 e. The van der Waals surface area contributed by atoms with Crippen LogP contribution in [0.25, 0.3) is 0 Å². The first-order chi connectivity index (χ1) is 8.70. The normalized spacial score (nSPS) is 11.0. The summed E-state index contributed by atoms with van der Waals surface area (Å²) < 4.78 is 0. The maximum absolute atomic E-state index is 9.80. The second-order valence-corrected chi connectivity index (χ2v) is 4.01. The predicted molar refractivity (Wildman–Crippen MR) is 70.6 cm³/mol. The van der Waals surface area contributed by atoms with Crippen molar-refractivity contribution in [3.8, 4) is 5.75 Å². The van der Waals surface area contributed by atoms with Gasteiger partial charge in [-0.3, -0.25) is 0 Å². The molecule has 0 aliphatic heterocycles.